The summed E-state index contributed by atoms with van der Waals surface area (Å²) < 4.78 is 5.73. The van der Waals surface area contributed by atoms with Gasteiger partial charge in [0.25, 0.3) is 0 Å². The summed E-state index contributed by atoms with van der Waals surface area (Å²) in [6.45, 7) is 5.13. The van der Waals surface area contributed by atoms with Crippen LogP contribution in [0.5, 0.6) is 5.75 Å². The van der Waals surface area contributed by atoms with Crippen LogP contribution in [0.3, 0.4) is 0 Å². The highest BCUT2D eigenvalue weighted by Crippen LogP contribution is 2.14. The monoisotopic (exact) mass is 207 g/mol. The highest BCUT2D eigenvalue weighted by molar-refractivity contribution is 5.27. The third kappa shape index (κ3) is 4.34. The molecule has 0 saturated carbocycles. The number of rotatable bonds is 6. The van der Waals surface area contributed by atoms with E-state index in [0.717, 1.165) is 18.7 Å². The van der Waals surface area contributed by atoms with E-state index in [4.69, 9.17) is 4.74 Å². The maximum atomic E-state index is 5.73. The van der Waals surface area contributed by atoms with Gasteiger partial charge < -0.3 is 10.1 Å². The first kappa shape index (κ1) is 12.1. The van der Waals surface area contributed by atoms with Gasteiger partial charge in [-0.1, -0.05) is 25.5 Å². The van der Waals surface area contributed by atoms with E-state index >= 15 is 0 Å². The molecule has 2 nitrogen and oxygen atoms in total. The lowest BCUT2D eigenvalue weighted by Gasteiger charge is -2.14. The SMILES string of the molecule is CCCc1ccc(OC(C)CNC)cc1. The Labute approximate surface area is 92.6 Å². The van der Waals surface area contributed by atoms with Crippen LogP contribution < -0.4 is 10.1 Å². The fourth-order valence-electron chi connectivity index (χ4n) is 1.58. The van der Waals surface area contributed by atoms with Crippen LogP contribution in [0.1, 0.15) is 25.8 Å². The van der Waals surface area contributed by atoms with Crippen LogP contribution in [0, 0.1) is 0 Å². The van der Waals surface area contributed by atoms with Crippen molar-refractivity contribution >= 4 is 0 Å². The van der Waals surface area contributed by atoms with Crippen molar-refractivity contribution in [3.63, 3.8) is 0 Å². The lowest BCUT2D eigenvalue weighted by molar-refractivity contribution is 0.220. The Hall–Kier alpha value is -1.02. The smallest absolute Gasteiger partial charge is 0.119 e. The van der Waals surface area contributed by atoms with Gasteiger partial charge >= 0.3 is 0 Å². The van der Waals surface area contributed by atoms with E-state index in [1.54, 1.807) is 0 Å². The highest BCUT2D eigenvalue weighted by Gasteiger charge is 2.01. The second kappa shape index (κ2) is 6.46. The summed E-state index contributed by atoms with van der Waals surface area (Å²) in [5.74, 6) is 0.956. The minimum absolute atomic E-state index is 0.215. The molecule has 0 amide bonds. The maximum absolute atomic E-state index is 5.73. The van der Waals surface area contributed by atoms with Gasteiger partial charge in [-0.2, -0.15) is 0 Å². The van der Waals surface area contributed by atoms with Gasteiger partial charge in [0, 0.05) is 6.54 Å². The molecule has 1 unspecified atom stereocenters. The molecule has 1 rings (SSSR count). The minimum Gasteiger partial charge on any atom is -0.489 e. The average Bonchev–Trinajstić information content (AvgIpc) is 2.22. The fraction of sp³-hybridized carbons (Fsp3) is 0.538. The Morgan fingerprint density at radius 3 is 2.47 bits per heavy atom. The maximum Gasteiger partial charge on any atom is 0.119 e. The quantitative estimate of drug-likeness (QED) is 0.774. The molecule has 0 heterocycles. The van der Waals surface area contributed by atoms with Crippen molar-refractivity contribution in [2.45, 2.75) is 32.8 Å². The number of ether oxygens (including phenoxy) is 1. The second-order valence-corrected chi connectivity index (χ2v) is 3.88. The molecule has 0 spiro atoms. The van der Waals surface area contributed by atoms with E-state index in [1.807, 2.05) is 7.05 Å². The number of hydrogen-bond donors (Lipinski definition) is 1. The Morgan fingerprint density at radius 2 is 1.93 bits per heavy atom. The van der Waals surface area contributed by atoms with E-state index in [1.165, 1.54) is 12.0 Å². The molecule has 1 atom stereocenters. The van der Waals surface area contributed by atoms with Crippen molar-refractivity contribution in [2.75, 3.05) is 13.6 Å². The van der Waals surface area contributed by atoms with Gasteiger partial charge in [0.2, 0.25) is 0 Å². The molecule has 1 N–H and O–H groups in total. The topological polar surface area (TPSA) is 21.3 Å². The normalized spacial score (nSPS) is 12.5. The Balaban J connectivity index is 2.48. The summed E-state index contributed by atoms with van der Waals surface area (Å²) in [4.78, 5) is 0. The summed E-state index contributed by atoms with van der Waals surface area (Å²) in [7, 11) is 1.93. The fourth-order valence-corrected chi connectivity index (χ4v) is 1.58. The summed E-state index contributed by atoms with van der Waals surface area (Å²) in [5, 5.41) is 3.09. The second-order valence-electron chi connectivity index (χ2n) is 3.88. The molecule has 0 radical (unpaired) electrons. The number of benzene rings is 1. The van der Waals surface area contributed by atoms with E-state index < -0.39 is 0 Å². The Bertz CT molecular complexity index is 268. The number of aryl methyl sites for hydroxylation is 1. The molecule has 0 aliphatic carbocycles. The van der Waals surface area contributed by atoms with Gasteiger partial charge in [0.05, 0.1) is 0 Å². The third-order valence-electron chi connectivity index (χ3n) is 2.29. The van der Waals surface area contributed by atoms with Crippen LogP contribution in [0.25, 0.3) is 0 Å². The van der Waals surface area contributed by atoms with E-state index in [0.29, 0.717) is 0 Å². The molecule has 0 fully saturated rings. The molecule has 0 bridgehead atoms. The number of likely N-dealkylation sites (N-methyl/N-ethyl adjacent to an activating group) is 1. The number of nitrogens with one attached hydrogen (secondary N) is 1. The van der Waals surface area contributed by atoms with Crippen LogP contribution in [-0.4, -0.2) is 19.7 Å². The van der Waals surface area contributed by atoms with Crippen molar-refractivity contribution in [1.82, 2.24) is 5.32 Å². The molecule has 1 aromatic rings. The molecule has 0 saturated heterocycles. The minimum atomic E-state index is 0.215. The standard InChI is InChI=1S/C13H21NO/c1-4-5-12-6-8-13(9-7-12)15-11(2)10-14-3/h6-9,11,14H,4-5,10H2,1-3H3. The first-order valence-electron chi connectivity index (χ1n) is 5.66. The first-order valence-corrected chi connectivity index (χ1v) is 5.66. The lowest BCUT2D eigenvalue weighted by atomic mass is 10.1. The van der Waals surface area contributed by atoms with Crippen LogP contribution >= 0.6 is 0 Å². The van der Waals surface area contributed by atoms with E-state index in [9.17, 15) is 0 Å². The zero-order valence-electron chi connectivity index (χ0n) is 9.92. The van der Waals surface area contributed by atoms with Crippen molar-refractivity contribution in [1.29, 1.82) is 0 Å². The average molecular weight is 207 g/mol. The van der Waals surface area contributed by atoms with Gasteiger partial charge in [-0.25, -0.2) is 0 Å². The number of hydrogen-bond acceptors (Lipinski definition) is 2. The summed E-state index contributed by atoms with van der Waals surface area (Å²) >= 11 is 0. The molecule has 0 aliphatic heterocycles. The molecular formula is C13H21NO. The van der Waals surface area contributed by atoms with Crippen LogP contribution in [-0.2, 0) is 6.42 Å². The molecule has 2 heteroatoms. The van der Waals surface area contributed by atoms with Gasteiger partial charge in [-0.3, -0.25) is 0 Å². The summed E-state index contributed by atoms with van der Waals surface area (Å²) in [5.41, 5.74) is 1.38. The van der Waals surface area contributed by atoms with Crippen molar-refractivity contribution < 1.29 is 4.74 Å². The van der Waals surface area contributed by atoms with Gasteiger partial charge in [0.15, 0.2) is 0 Å². The lowest BCUT2D eigenvalue weighted by Crippen LogP contribution is -2.25. The van der Waals surface area contributed by atoms with E-state index in [-0.39, 0.29) is 6.10 Å². The molecular weight excluding hydrogens is 186 g/mol. The van der Waals surface area contributed by atoms with Crippen LogP contribution in [0.15, 0.2) is 24.3 Å². The molecule has 84 valence electrons. The largest absolute Gasteiger partial charge is 0.489 e. The predicted molar refractivity (Wildman–Crippen MR) is 64.5 cm³/mol. The van der Waals surface area contributed by atoms with Crippen molar-refractivity contribution in [3.8, 4) is 5.75 Å². The molecule has 1 aromatic carbocycles. The summed E-state index contributed by atoms with van der Waals surface area (Å²) in [6.07, 6.45) is 2.55. The van der Waals surface area contributed by atoms with Gasteiger partial charge in [-0.05, 0) is 38.1 Å². The molecule has 0 aromatic heterocycles. The van der Waals surface area contributed by atoms with Gasteiger partial charge in [-0.15, -0.1) is 0 Å². The van der Waals surface area contributed by atoms with Crippen molar-refractivity contribution in [2.24, 2.45) is 0 Å². The van der Waals surface area contributed by atoms with Gasteiger partial charge in [0.1, 0.15) is 11.9 Å². The molecule has 15 heavy (non-hydrogen) atoms. The van der Waals surface area contributed by atoms with Crippen LogP contribution in [0.2, 0.25) is 0 Å². The Morgan fingerprint density at radius 1 is 1.27 bits per heavy atom. The summed E-state index contributed by atoms with van der Waals surface area (Å²) in [6, 6.07) is 8.39. The zero-order valence-corrected chi connectivity index (χ0v) is 9.92. The first-order chi connectivity index (χ1) is 7.26. The van der Waals surface area contributed by atoms with Crippen molar-refractivity contribution in [3.05, 3.63) is 29.8 Å². The Kier molecular flexibility index (Phi) is 5.19. The molecule has 0 aliphatic rings. The van der Waals surface area contributed by atoms with E-state index in [2.05, 4.69) is 43.4 Å². The highest BCUT2D eigenvalue weighted by atomic mass is 16.5. The van der Waals surface area contributed by atoms with Crippen LogP contribution in [0.4, 0.5) is 0 Å². The zero-order chi connectivity index (χ0) is 11.1. The third-order valence-corrected chi connectivity index (χ3v) is 2.29. The predicted octanol–water partition coefficient (Wildman–Crippen LogP) is 2.63.